The molecule has 1 aliphatic carbocycles. The molecular formula is C13H22N4O2. The zero-order chi connectivity index (χ0) is 13.4. The Balaban J connectivity index is 1.60. The summed E-state index contributed by atoms with van der Waals surface area (Å²) in [6.07, 6.45) is 2.23. The predicted molar refractivity (Wildman–Crippen MR) is 70.7 cm³/mol. The van der Waals surface area contributed by atoms with Crippen molar-refractivity contribution in [3.05, 3.63) is 0 Å². The zero-order valence-electron chi connectivity index (χ0n) is 11.5. The van der Waals surface area contributed by atoms with Gasteiger partial charge < -0.3 is 20.0 Å². The second kappa shape index (κ2) is 5.00. The van der Waals surface area contributed by atoms with Crippen LogP contribution in [0.1, 0.15) is 19.8 Å². The van der Waals surface area contributed by atoms with Crippen LogP contribution in [0, 0.1) is 0 Å². The van der Waals surface area contributed by atoms with Gasteiger partial charge in [-0.05, 0) is 19.8 Å². The number of fused-ring (bicyclic) bond motifs is 1. The summed E-state index contributed by atoms with van der Waals surface area (Å²) < 4.78 is 0. The number of carbonyl (C=O) groups excluding carboxylic acids is 2. The molecule has 1 atom stereocenters. The third-order valence-corrected chi connectivity index (χ3v) is 4.27. The van der Waals surface area contributed by atoms with Crippen molar-refractivity contribution in [3.63, 3.8) is 0 Å². The minimum atomic E-state index is 0.0340. The number of piperazine rings is 1. The Bertz CT molecular complexity index is 383. The first-order chi connectivity index (χ1) is 9.20. The van der Waals surface area contributed by atoms with Crippen molar-refractivity contribution in [1.29, 1.82) is 0 Å². The lowest BCUT2D eigenvalue weighted by Crippen LogP contribution is -2.50. The molecule has 19 heavy (non-hydrogen) atoms. The second-order valence-corrected chi connectivity index (χ2v) is 5.63. The third kappa shape index (κ3) is 2.41. The van der Waals surface area contributed by atoms with Gasteiger partial charge >= 0.3 is 6.03 Å². The third-order valence-electron chi connectivity index (χ3n) is 4.27. The van der Waals surface area contributed by atoms with E-state index in [-0.39, 0.29) is 24.5 Å². The molecule has 3 amide bonds. The van der Waals surface area contributed by atoms with E-state index in [1.807, 2.05) is 16.7 Å². The fraction of sp³-hybridized carbons (Fsp3) is 0.846. The molecule has 3 fully saturated rings. The van der Waals surface area contributed by atoms with Crippen LogP contribution in [0.5, 0.6) is 0 Å². The van der Waals surface area contributed by atoms with Gasteiger partial charge in [-0.25, -0.2) is 4.79 Å². The Labute approximate surface area is 113 Å². The summed E-state index contributed by atoms with van der Waals surface area (Å²) in [4.78, 5) is 30.0. The van der Waals surface area contributed by atoms with Gasteiger partial charge in [0.2, 0.25) is 5.91 Å². The first-order valence-corrected chi connectivity index (χ1v) is 7.26. The molecule has 0 aromatic heterocycles. The molecule has 0 aromatic carbocycles. The highest BCUT2D eigenvalue weighted by Gasteiger charge is 2.40. The number of carbonyl (C=O) groups is 2. The van der Waals surface area contributed by atoms with E-state index >= 15 is 0 Å². The first-order valence-electron chi connectivity index (χ1n) is 7.26. The van der Waals surface area contributed by atoms with Crippen molar-refractivity contribution < 1.29 is 9.59 Å². The molecular weight excluding hydrogens is 244 g/mol. The Morgan fingerprint density at radius 2 is 2.26 bits per heavy atom. The van der Waals surface area contributed by atoms with Gasteiger partial charge in [0.15, 0.2) is 0 Å². The second-order valence-electron chi connectivity index (χ2n) is 5.63. The molecule has 6 heteroatoms. The molecule has 0 radical (unpaired) electrons. The average molecular weight is 266 g/mol. The number of hydrogen-bond acceptors (Lipinski definition) is 3. The highest BCUT2D eigenvalue weighted by Crippen LogP contribution is 2.27. The molecule has 106 valence electrons. The quantitative estimate of drug-likeness (QED) is 0.760. The van der Waals surface area contributed by atoms with Crippen molar-refractivity contribution >= 4 is 11.9 Å². The summed E-state index contributed by atoms with van der Waals surface area (Å²) in [5.41, 5.74) is 0. The Kier molecular flexibility index (Phi) is 3.35. The van der Waals surface area contributed by atoms with Gasteiger partial charge in [-0.15, -0.1) is 0 Å². The van der Waals surface area contributed by atoms with Crippen LogP contribution in [0.3, 0.4) is 0 Å². The summed E-state index contributed by atoms with van der Waals surface area (Å²) in [6, 6.07) is 0.705. The molecule has 1 N–H and O–H groups in total. The van der Waals surface area contributed by atoms with Crippen molar-refractivity contribution in [2.45, 2.75) is 31.8 Å². The van der Waals surface area contributed by atoms with Gasteiger partial charge in [-0.3, -0.25) is 4.79 Å². The van der Waals surface area contributed by atoms with Crippen molar-refractivity contribution in [2.75, 3.05) is 39.3 Å². The maximum atomic E-state index is 12.3. The Morgan fingerprint density at radius 3 is 2.89 bits per heavy atom. The number of rotatable bonds is 4. The van der Waals surface area contributed by atoms with Gasteiger partial charge in [-0.2, -0.15) is 0 Å². The van der Waals surface area contributed by atoms with Gasteiger partial charge in [0.25, 0.3) is 0 Å². The van der Waals surface area contributed by atoms with Crippen LogP contribution in [0.25, 0.3) is 0 Å². The molecule has 2 saturated heterocycles. The minimum Gasteiger partial charge on any atom is -0.338 e. The Hall–Kier alpha value is -1.30. The van der Waals surface area contributed by atoms with Crippen LogP contribution in [0.15, 0.2) is 0 Å². The van der Waals surface area contributed by atoms with Crippen molar-refractivity contribution in [3.8, 4) is 0 Å². The largest absolute Gasteiger partial charge is 0.338 e. The molecule has 3 aliphatic rings. The van der Waals surface area contributed by atoms with Gasteiger partial charge in [0.1, 0.15) is 6.54 Å². The molecule has 2 aliphatic heterocycles. The monoisotopic (exact) mass is 266 g/mol. The molecule has 0 bridgehead atoms. The lowest BCUT2D eigenvalue weighted by molar-refractivity contribution is -0.132. The molecule has 0 spiro atoms. The van der Waals surface area contributed by atoms with E-state index in [0.717, 1.165) is 39.0 Å². The first kappa shape index (κ1) is 12.7. The molecule has 0 aromatic rings. The van der Waals surface area contributed by atoms with E-state index in [0.29, 0.717) is 12.6 Å². The predicted octanol–water partition coefficient (Wildman–Crippen LogP) is -0.293. The number of likely N-dealkylation sites (N-methyl/N-ethyl adjacent to an activating group) is 1. The zero-order valence-corrected chi connectivity index (χ0v) is 11.5. The summed E-state index contributed by atoms with van der Waals surface area (Å²) in [5, 5.41) is 3.30. The lowest BCUT2D eigenvalue weighted by atomic mass is 10.2. The van der Waals surface area contributed by atoms with E-state index in [2.05, 4.69) is 5.32 Å². The molecule has 1 saturated carbocycles. The van der Waals surface area contributed by atoms with Gasteiger partial charge in [0, 0.05) is 38.8 Å². The maximum Gasteiger partial charge on any atom is 0.320 e. The lowest BCUT2D eigenvalue weighted by Gasteiger charge is -2.28. The SMILES string of the molecule is CCN(C(=O)CN1CC2CNCCN2C1=O)C1CC1. The fourth-order valence-electron chi connectivity index (χ4n) is 3.10. The van der Waals surface area contributed by atoms with Crippen LogP contribution in [0.2, 0.25) is 0 Å². The normalized spacial score (nSPS) is 26.6. The number of amides is 3. The maximum absolute atomic E-state index is 12.3. The number of hydrogen-bond donors (Lipinski definition) is 1. The summed E-state index contributed by atoms with van der Waals surface area (Å²) in [7, 11) is 0. The average Bonchev–Trinajstić information content (AvgIpc) is 3.18. The highest BCUT2D eigenvalue weighted by molar-refractivity contribution is 5.85. The van der Waals surface area contributed by atoms with Crippen molar-refractivity contribution in [1.82, 2.24) is 20.0 Å². The molecule has 1 unspecified atom stereocenters. The topological polar surface area (TPSA) is 55.9 Å². The van der Waals surface area contributed by atoms with E-state index in [1.54, 1.807) is 4.90 Å². The smallest absolute Gasteiger partial charge is 0.320 e. The van der Waals surface area contributed by atoms with Crippen molar-refractivity contribution in [2.24, 2.45) is 0 Å². The summed E-state index contributed by atoms with van der Waals surface area (Å²) in [5.74, 6) is 0.103. The molecule has 6 nitrogen and oxygen atoms in total. The molecule has 3 rings (SSSR count). The van der Waals surface area contributed by atoms with Crippen LogP contribution in [0.4, 0.5) is 4.79 Å². The van der Waals surface area contributed by atoms with Crippen LogP contribution in [-0.4, -0.2) is 78.0 Å². The van der Waals surface area contributed by atoms with E-state index in [1.165, 1.54) is 0 Å². The highest BCUT2D eigenvalue weighted by atomic mass is 16.2. The van der Waals surface area contributed by atoms with Crippen LogP contribution >= 0.6 is 0 Å². The van der Waals surface area contributed by atoms with E-state index in [9.17, 15) is 9.59 Å². The van der Waals surface area contributed by atoms with Crippen LogP contribution < -0.4 is 5.32 Å². The summed E-state index contributed by atoms with van der Waals surface area (Å²) in [6.45, 7) is 6.14. The number of urea groups is 1. The number of nitrogens with one attached hydrogen (secondary N) is 1. The molecule has 2 heterocycles. The van der Waals surface area contributed by atoms with Gasteiger partial charge in [-0.1, -0.05) is 0 Å². The van der Waals surface area contributed by atoms with Gasteiger partial charge in [0.05, 0.1) is 6.04 Å². The van der Waals surface area contributed by atoms with E-state index in [4.69, 9.17) is 0 Å². The standard InChI is InChI=1S/C13H22N4O2/c1-2-16(10-3-4-10)12(18)9-15-8-11-7-14-5-6-17(11)13(15)19/h10-11,14H,2-9H2,1H3. The minimum absolute atomic E-state index is 0.0340. The Morgan fingerprint density at radius 1 is 1.47 bits per heavy atom. The fourth-order valence-corrected chi connectivity index (χ4v) is 3.10. The summed E-state index contributed by atoms with van der Waals surface area (Å²) >= 11 is 0. The number of nitrogens with zero attached hydrogens (tertiary/aromatic N) is 3. The van der Waals surface area contributed by atoms with Crippen LogP contribution in [-0.2, 0) is 4.79 Å². The van der Waals surface area contributed by atoms with E-state index < -0.39 is 0 Å².